The summed E-state index contributed by atoms with van der Waals surface area (Å²) in [7, 11) is 1.74. The summed E-state index contributed by atoms with van der Waals surface area (Å²) in [6.07, 6.45) is 1.47. The second-order valence-electron chi connectivity index (χ2n) is 6.43. The van der Waals surface area contributed by atoms with Crippen LogP contribution in [0.15, 0.2) is 52.1 Å². The number of carbonyl (C=O) groups excluding carboxylic acids is 1. The molecule has 6 nitrogen and oxygen atoms in total. The third kappa shape index (κ3) is 5.46. The van der Waals surface area contributed by atoms with E-state index in [1.807, 2.05) is 24.3 Å². The van der Waals surface area contributed by atoms with Crippen molar-refractivity contribution in [2.24, 2.45) is 4.99 Å². The van der Waals surface area contributed by atoms with Crippen molar-refractivity contribution >= 4 is 17.6 Å². The summed E-state index contributed by atoms with van der Waals surface area (Å²) in [5.41, 5.74) is 1.75. The Labute approximate surface area is 142 Å². The number of rotatable bonds is 4. The van der Waals surface area contributed by atoms with E-state index in [2.05, 4.69) is 41.7 Å². The van der Waals surface area contributed by atoms with Crippen LogP contribution in [0, 0.1) is 0 Å². The van der Waals surface area contributed by atoms with Crippen molar-refractivity contribution in [2.75, 3.05) is 12.4 Å². The Bertz CT molecular complexity index is 683. The normalized spacial score (nSPS) is 11.9. The van der Waals surface area contributed by atoms with E-state index in [9.17, 15) is 4.79 Å². The zero-order valence-electron chi connectivity index (χ0n) is 14.5. The van der Waals surface area contributed by atoms with Gasteiger partial charge in [-0.2, -0.15) is 0 Å². The van der Waals surface area contributed by atoms with Crippen LogP contribution in [-0.2, 0) is 6.54 Å². The predicted molar refractivity (Wildman–Crippen MR) is 96.2 cm³/mol. The Kier molecular flexibility index (Phi) is 5.63. The maximum atomic E-state index is 11.9. The number of nitrogens with zero attached hydrogens (tertiary/aromatic N) is 1. The van der Waals surface area contributed by atoms with E-state index in [-0.39, 0.29) is 17.2 Å². The van der Waals surface area contributed by atoms with E-state index >= 15 is 0 Å². The maximum absolute atomic E-state index is 11.9. The van der Waals surface area contributed by atoms with E-state index in [0.29, 0.717) is 6.54 Å². The molecule has 0 fully saturated rings. The van der Waals surface area contributed by atoms with Crippen LogP contribution in [0.3, 0.4) is 0 Å². The van der Waals surface area contributed by atoms with E-state index < -0.39 is 0 Å². The van der Waals surface area contributed by atoms with Gasteiger partial charge in [0.2, 0.25) is 0 Å². The minimum atomic E-state index is -0.263. The zero-order valence-corrected chi connectivity index (χ0v) is 14.5. The molecule has 0 aliphatic rings. The zero-order chi connectivity index (χ0) is 17.6. The molecule has 0 spiro atoms. The molecule has 2 aromatic rings. The minimum Gasteiger partial charge on any atom is -0.459 e. The number of carbonyl (C=O) groups is 1. The number of hydrogen-bond donors (Lipinski definition) is 3. The largest absolute Gasteiger partial charge is 0.459 e. The Morgan fingerprint density at radius 3 is 2.42 bits per heavy atom. The molecule has 1 amide bonds. The molecule has 0 atom stereocenters. The van der Waals surface area contributed by atoms with Gasteiger partial charge in [-0.05, 0) is 50.6 Å². The molecule has 0 saturated heterocycles. The van der Waals surface area contributed by atoms with E-state index in [1.165, 1.54) is 6.26 Å². The van der Waals surface area contributed by atoms with Gasteiger partial charge in [0.1, 0.15) is 0 Å². The van der Waals surface area contributed by atoms with Crippen LogP contribution >= 0.6 is 0 Å². The topological polar surface area (TPSA) is 78.7 Å². The highest BCUT2D eigenvalue weighted by molar-refractivity contribution is 6.02. The van der Waals surface area contributed by atoms with Crippen LogP contribution in [0.4, 0.5) is 5.69 Å². The van der Waals surface area contributed by atoms with Gasteiger partial charge in [0.25, 0.3) is 5.91 Å². The van der Waals surface area contributed by atoms with E-state index in [0.717, 1.165) is 17.2 Å². The number of aliphatic imine (C=N–C) groups is 1. The van der Waals surface area contributed by atoms with Gasteiger partial charge in [-0.3, -0.25) is 9.79 Å². The lowest BCUT2D eigenvalue weighted by Crippen LogP contribution is -2.47. The molecule has 2 rings (SSSR count). The molecule has 0 radical (unpaired) electrons. The first-order valence-corrected chi connectivity index (χ1v) is 7.80. The standard InChI is InChI=1S/C18H24N4O2/c1-18(2,3)22-17(19-4)20-12-13-7-9-14(10-8-13)21-16(23)15-6-5-11-24-15/h5-11H,12H2,1-4H3,(H,21,23)(H2,19,20,22). The smallest absolute Gasteiger partial charge is 0.291 e. The van der Waals surface area contributed by atoms with Crippen LogP contribution in [-0.4, -0.2) is 24.5 Å². The van der Waals surface area contributed by atoms with Crippen molar-refractivity contribution < 1.29 is 9.21 Å². The van der Waals surface area contributed by atoms with Gasteiger partial charge >= 0.3 is 0 Å². The van der Waals surface area contributed by atoms with Gasteiger partial charge in [-0.25, -0.2) is 0 Å². The number of hydrogen-bond acceptors (Lipinski definition) is 3. The van der Waals surface area contributed by atoms with Gasteiger partial charge in [0.15, 0.2) is 11.7 Å². The number of guanidine groups is 1. The van der Waals surface area contributed by atoms with E-state index in [1.54, 1.807) is 19.2 Å². The average Bonchev–Trinajstić information content (AvgIpc) is 3.06. The van der Waals surface area contributed by atoms with Crippen LogP contribution in [0.1, 0.15) is 36.9 Å². The lowest BCUT2D eigenvalue weighted by Gasteiger charge is -2.23. The summed E-state index contributed by atoms with van der Waals surface area (Å²) in [5.74, 6) is 0.774. The van der Waals surface area contributed by atoms with Crippen molar-refractivity contribution in [1.29, 1.82) is 0 Å². The van der Waals surface area contributed by atoms with Crippen LogP contribution < -0.4 is 16.0 Å². The van der Waals surface area contributed by atoms with Gasteiger partial charge in [-0.15, -0.1) is 0 Å². The highest BCUT2D eigenvalue weighted by Gasteiger charge is 2.11. The fourth-order valence-electron chi connectivity index (χ4n) is 2.03. The van der Waals surface area contributed by atoms with E-state index in [4.69, 9.17) is 4.42 Å². The Morgan fingerprint density at radius 1 is 1.17 bits per heavy atom. The van der Waals surface area contributed by atoms with Crippen molar-refractivity contribution in [3.8, 4) is 0 Å². The van der Waals surface area contributed by atoms with Crippen molar-refractivity contribution in [1.82, 2.24) is 10.6 Å². The molecule has 1 aromatic heterocycles. The molecule has 3 N–H and O–H groups in total. The molecule has 0 aliphatic carbocycles. The summed E-state index contributed by atoms with van der Waals surface area (Å²) in [6.45, 7) is 6.88. The molecule has 0 aliphatic heterocycles. The molecule has 0 saturated carbocycles. The SMILES string of the molecule is CN=C(NCc1ccc(NC(=O)c2ccco2)cc1)NC(C)(C)C. The van der Waals surface area contributed by atoms with Crippen molar-refractivity contribution in [2.45, 2.75) is 32.9 Å². The molecule has 0 unspecified atom stereocenters. The summed E-state index contributed by atoms with van der Waals surface area (Å²) in [5, 5.41) is 9.35. The lowest BCUT2D eigenvalue weighted by molar-refractivity contribution is 0.0996. The molecule has 24 heavy (non-hydrogen) atoms. The number of furan rings is 1. The quantitative estimate of drug-likeness (QED) is 0.595. The first-order chi connectivity index (χ1) is 11.4. The van der Waals surface area contributed by atoms with Gasteiger partial charge in [0.05, 0.1) is 6.26 Å². The number of benzene rings is 1. The monoisotopic (exact) mass is 328 g/mol. The third-order valence-corrected chi connectivity index (χ3v) is 3.13. The van der Waals surface area contributed by atoms with Gasteiger partial charge in [-0.1, -0.05) is 12.1 Å². The molecular weight excluding hydrogens is 304 g/mol. The summed E-state index contributed by atoms with van der Waals surface area (Å²) < 4.78 is 5.07. The first-order valence-electron chi connectivity index (χ1n) is 7.80. The summed E-state index contributed by atoms with van der Waals surface area (Å²) in [4.78, 5) is 16.1. The number of nitrogens with one attached hydrogen (secondary N) is 3. The molecule has 1 aromatic carbocycles. The number of anilines is 1. The molecule has 1 heterocycles. The van der Waals surface area contributed by atoms with Gasteiger partial charge in [0, 0.05) is 24.8 Å². The Balaban J connectivity index is 1.89. The third-order valence-electron chi connectivity index (χ3n) is 3.13. The highest BCUT2D eigenvalue weighted by atomic mass is 16.3. The van der Waals surface area contributed by atoms with Crippen molar-refractivity contribution in [3.63, 3.8) is 0 Å². The number of amides is 1. The second kappa shape index (κ2) is 7.68. The van der Waals surface area contributed by atoms with Crippen LogP contribution in [0.5, 0.6) is 0 Å². The Hall–Kier alpha value is -2.76. The Morgan fingerprint density at radius 2 is 1.88 bits per heavy atom. The first kappa shape index (κ1) is 17.6. The van der Waals surface area contributed by atoms with Crippen LogP contribution in [0.25, 0.3) is 0 Å². The summed E-state index contributed by atoms with van der Waals surface area (Å²) >= 11 is 0. The lowest BCUT2D eigenvalue weighted by atomic mass is 10.1. The highest BCUT2D eigenvalue weighted by Crippen LogP contribution is 2.12. The predicted octanol–water partition coefficient (Wildman–Crippen LogP) is 3.00. The molecule has 0 bridgehead atoms. The average molecular weight is 328 g/mol. The molecule has 6 heteroatoms. The van der Waals surface area contributed by atoms with Gasteiger partial charge < -0.3 is 20.4 Å². The maximum Gasteiger partial charge on any atom is 0.291 e. The molecular formula is C18H24N4O2. The second-order valence-corrected chi connectivity index (χ2v) is 6.43. The van der Waals surface area contributed by atoms with Crippen LogP contribution in [0.2, 0.25) is 0 Å². The molecule has 128 valence electrons. The summed E-state index contributed by atoms with van der Waals surface area (Å²) in [6, 6.07) is 10.9. The fourth-order valence-corrected chi connectivity index (χ4v) is 2.03. The fraction of sp³-hybridized carbons (Fsp3) is 0.333. The minimum absolute atomic E-state index is 0.0537. The van der Waals surface area contributed by atoms with Crippen molar-refractivity contribution in [3.05, 3.63) is 54.0 Å².